The molecule has 0 N–H and O–H groups in total. The fourth-order valence-corrected chi connectivity index (χ4v) is 3.67. The van der Waals surface area contributed by atoms with Crippen LogP contribution in [-0.4, -0.2) is 25.4 Å². The summed E-state index contributed by atoms with van der Waals surface area (Å²) in [4.78, 5) is 47.1. The Balaban J connectivity index is 2.22. The van der Waals surface area contributed by atoms with E-state index >= 15 is 0 Å². The van der Waals surface area contributed by atoms with E-state index in [9.17, 15) is 45.7 Å². The molecule has 0 amide bonds. The minimum absolute atomic E-state index is 0.0575. The Bertz CT molecular complexity index is 1460. The van der Waals surface area contributed by atoms with Gasteiger partial charge in [0.1, 0.15) is 6.07 Å². The summed E-state index contributed by atoms with van der Waals surface area (Å²) in [7, 11) is 0. The maximum absolute atomic E-state index is 11.8. The predicted molar refractivity (Wildman–Crippen MR) is 115 cm³/mol. The Morgan fingerprint density at radius 3 is 1.59 bits per heavy atom. The number of non-ortho nitro benzene ring substituents is 2. The number of nitriles is 1. The van der Waals surface area contributed by atoms with E-state index in [1.807, 2.05) is 6.07 Å². The quantitative estimate of drug-likeness (QED) is 0.306. The van der Waals surface area contributed by atoms with Gasteiger partial charge in [-0.15, -0.1) is 0 Å². The van der Waals surface area contributed by atoms with Gasteiger partial charge in [-0.2, -0.15) is 5.26 Å². The number of fused-ring (bicyclic) bond motifs is 3. The Hall–Kier alpha value is -5.58. The van der Waals surface area contributed by atoms with Gasteiger partial charge in [0, 0.05) is 23.3 Å². The van der Waals surface area contributed by atoms with Gasteiger partial charge in [0.15, 0.2) is 0 Å². The third kappa shape index (κ3) is 3.35. The van der Waals surface area contributed by atoms with Crippen LogP contribution in [-0.2, 0) is 0 Å². The summed E-state index contributed by atoms with van der Waals surface area (Å²) in [5.74, 6) is 0. The smallest absolute Gasteiger partial charge is 0.258 e. The lowest BCUT2D eigenvalue weighted by Crippen LogP contribution is -2.02. The zero-order valence-corrected chi connectivity index (χ0v) is 16.6. The Morgan fingerprint density at radius 2 is 1.18 bits per heavy atom. The zero-order valence-electron chi connectivity index (χ0n) is 16.6. The molecule has 0 radical (unpaired) electrons. The van der Waals surface area contributed by atoms with Crippen molar-refractivity contribution in [2.75, 3.05) is 0 Å². The summed E-state index contributed by atoms with van der Waals surface area (Å²) in [5.41, 5.74) is -4.13. The average Bonchev–Trinajstić information content (AvgIpc) is 3.11. The molecule has 3 aromatic carbocycles. The topological polar surface area (TPSA) is 209 Å². The summed E-state index contributed by atoms with van der Waals surface area (Å²) in [5, 5.41) is 55.8. The van der Waals surface area contributed by atoms with Crippen LogP contribution in [0.4, 0.5) is 28.4 Å². The molecule has 14 nitrogen and oxygen atoms in total. The van der Waals surface area contributed by atoms with E-state index in [4.69, 9.17) is 0 Å². The monoisotopic (exact) mass is 460 g/mol. The summed E-state index contributed by atoms with van der Waals surface area (Å²) in [6.07, 6.45) is 0. The van der Waals surface area contributed by atoms with Crippen LogP contribution >= 0.6 is 0 Å². The molecule has 0 saturated heterocycles. The average molecular weight is 460 g/mol. The molecule has 4 rings (SSSR count). The van der Waals surface area contributed by atoms with Crippen molar-refractivity contribution < 1.29 is 19.7 Å². The molecule has 0 unspecified atom stereocenters. The minimum atomic E-state index is -0.938. The highest BCUT2D eigenvalue weighted by Crippen LogP contribution is 2.50. The molecule has 1 aliphatic rings. The molecule has 0 aliphatic heterocycles. The summed E-state index contributed by atoms with van der Waals surface area (Å²) in [6, 6.07) is 11.0. The number of hydrogen-bond donors (Lipinski definition) is 0. The van der Waals surface area contributed by atoms with Crippen molar-refractivity contribution in [3.05, 3.63) is 106 Å². The van der Waals surface area contributed by atoms with Gasteiger partial charge in [0.2, 0.25) is 0 Å². The number of benzene rings is 3. The SMILES string of the molecule is N#Cc1ccccc1N=C1c2cc([N+](=O)[O-])cc([N+](=O)[O-])c2-c2c1cc([N+](=O)[O-])cc2[N+](=O)[O-]. The van der Waals surface area contributed by atoms with Crippen molar-refractivity contribution in [1.82, 2.24) is 0 Å². The number of rotatable bonds is 5. The van der Waals surface area contributed by atoms with E-state index < -0.39 is 42.4 Å². The third-order valence-corrected chi connectivity index (χ3v) is 5.04. The molecule has 0 aromatic heterocycles. The molecule has 0 heterocycles. The lowest BCUT2D eigenvalue weighted by atomic mass is 10.0. The van der Waals surface area contributed by atoms with Crippen LogP contribution in [0.2, 0.25) is 0 Å². The van der Waals surface area contributed by atoms with Crippen LogP contribution in [0, 0.1) is 51.8 Å². The number of nitro benzene ring substituents is 4. The lowest BCUT2D eigenvalue weighted by Gasteiger charge is -2.04. The van der Waals surface area contributed by atoms with Gasteiger partial charge in [0.05, 0.1) is 59.9 Å². The Labute approximate surface area is 187 Å². The van der Waals surface area contributed by atoms with Crippen LogP contribution in [0.1, 0.15) is 16.7 Å². The minimum Gasteiger partial charge on any atom is -0.258 e. The number of hydrogen-bond acceptors (Lipinski definition) is 10. The fraction of sp³-hybridized carbons (Fsp3) is 0. The molecular formula is C20H8N6O8. The standard InChI is InChI=1S/C20H8N6O8/c21-9-10-3-1-2-4-15(10)22-20-13-5-11(23(27)28)7-16(25(31)32)18(13)19-14(20)6-12(24(29)30)8-17(19)26(33)34/h1-8H. The third-order valence-electron chi connectivity index (χ3n) is 5.04. The molecule has 0 fully saturated rings. The van der Waals surface area contributed by atoms with Crippen molar-refractivity contribution in [2.45, 2.75) is 0 Å². The highest BCUT2D eigenvalue weighted by molar-refractivity contribution is 6.28. The van der Waals surface area contributed by atoms with Crippen LogP contribution in [0.25, 0.3) is 11.1 Å². The van der Waals surface area contributed by atoms with Crippen molar-refractivity contribution in [2.24, 2.45) is 4.99 Å². The first-order valence-electron chi connectivity index (χ1n) is 9.16. The first-order chi connectivity index (χ1) is 16.1. The summed E-state index contributed by atoms with van der Waals surface area (Å²) in [6.45, 7) is 0. The molecular weight excluding hydrogens is 452 g/mol. The van der Waals surface area contributed by atoms with Gasteiger partial charge in [-0.1, -0.05) is 12.1 Å². The Kier molecular flexibility index (Phi) is 4.99. The van der Waals surface area contributed by atoms with Crippen molar-refractivity contribution in [3.8, 4) is 17.2 Å². The first kappa shape index (κ1) is 21.6. The maximum Gasteiger partial charge on any atom is 0.285 e. The number of aliphatic imine (C=N–C) groups is 1. The summed E-state index contributed by atoms with van der Waals surface area (Å²) >= 11 is 0. The van der Waals surface area contributed by atoms with Gasteiger partial charge in [-0.3, -0.25) is 40.5 Å². The highest BCUT2D eigenvalue weighted by atomic mass is 16.6. The van der Waals surface area contributed by atoms with Crippen LogP contribution in [0.15, 0.2) is 53.5 Å². The second-order valence-electron chi connectivity index (χ2n) is 6.89. The van der Waals surface area contributed by atoms with Crippen molar-refractivity contribution >= 4 is 34.1 Å². The van der Waals surface area contributed by atoms with Gasteiger partial charge in [-0.05, 0) is 12.1 Å². The predicted octanol–water partition coefficient (Wildman–Crippen LogP) is 4.34. The van der Waals surface area contributed by atoms with Crippen molar-refractivity contribution in [3.63, 3.8) is 0 Å². The number of para-hydroxylation sites is 1. The molecule has 34 heavy (non-hydrogen) atoms. The van der Waals surface area contributed by atoms with Gasteiger partial charge >= 0.3 is 0 Å². The van der Waals surface area contributed by atoms with Crippen LogP contribution in [0.5, 0.6) is 0 Å². The van der Waals surface area contributed by atoms with E-state index in [2.05, 4.69) is 4.99 Å². The molecule has 3 aromatic rings. The number of nitrogens with zero attached hydrogens (tertiary/aromatic N) is 6. The van der Waals surface area contributed by atoms with E-state index in [-0.39, 0.29) is 39.2 Å². The molecule has 166 valence electrons. The fourth-order valence-electron chi connectivity index (χ4n) is 3.67. The largest absolute Gasteiger partial charge is 0.285 e. The van der Waals surface area contributed by atoms with Crippen molar-refractivity contribution in [1.29, 1.82) is 5.26 Å². The zero-order chi connectivity index (χ0) is 24.7. The second kappa shape index (κ2) is 7.84. The van der Waals surface area contributed by atoms with Crippen LogP contribution < -0.4 is 0 Å². The van der Waals surface area contributed by atoms with Crippen LogP contribution in [0.3, 0.4) is 0 Å². The van der Waals surface area contributed by atoms with E-state index in [0.29, 0.717) is 12.1 Å². The van der Waals surface area contributed by atoms with E-state index in [1.165, 1.54) is 18.2 Å². The maximum atomic E-state index is 11.8. The first-order valence-corrected chi connectivity index (χ1v) is 9.16. The van der Waals surface area contributed by atoms with Gasteiger partial charge in [-0.25, -0.2) is 4.99 Å². The van der Waals surface area contributed by atoms with Gasteiger partial charge < -0.3 is 0 Å². The molecule has 0 bridgehead atoms. The lowest BCUT2D eigenvalue weighted by molar-refractivity contribution is -0.395. The Morgan fingerprint density at radius 1 is 0.706 bits per heavy atom. The van der Waals surface area contributed by atoms with Gasteiger partial charge in [0.25, 0.3) is 22.7 Å². The second-order valence-corrected chi connectivity index (χ2v) is 6.89. The molecule has 14 heteroatoms. The molecule has 0 atom stereocenters. The molecule has 0 saturated carbocycles. The van der Waals surface area contributed by atoms with E-state index in [0.717, 1.165) is 12.1 Å². The van der Waals surface area contributed by atoms with E-state index in [1.54, 1.807) is 6.07 Å². The molecule has 0 spiro atoms. The highest BCUT2D eigenvalue weighted by Gasteiger charge is 2.41. The molecule has 1 aliphatic carbocycles. The normalized spacial score (nSPS) is 11.2. The number of nitro groups is 4. The summed E-state index contributed by atoms with van der Waals surface area (Å²) < 4.78 is 0.